The molecule has 1 amide bonds. The number of carbonyl (C=O) groups is 1. The van der Waals surface area contributed by atoms with Crippen molar-refractivity contribution < 1.29 is 18.3 Å². The Morgan fingerprint density at radius 2 is 2.17 bits per heavy atom. The van der Waals surface area contributed by atoms with Crippen LogP contribution in [-0.4, -0.2) is 24.6 Å². The molecule has 23 heavy (non-hydrogen) atoms. The highest BCUT2D eigenvalue weighted by Crippen LogP contribution is 2.23. The van der Waals surface area contributed by atoms with E-state index in [4.69, 9.17) is 10.5 Å². The molecule has 1 aliphatic rings. The van der Waals surface area contributed by atoms with E-state index in [0.29, 0.717) is 6.42 Å². The van der Waals surface area contributed by atoms with Gasteiger partial charge in [-0.15, -0.1) is 12.4 Å². The number of ether oxygens (including phenoxy) is 1. The maximum atomic E-state index is 13.4. The molecule has 130 valence electrons. The van der Waals surface area contributed by atoms with Gasteiger partial charge in [0.1, 0.15) is 12.4 Å². The summed E-state index contributed by atoms with van der Waals surface area (Å²) in [5.74, 6) is -1.53. The van der Waals surface area contributed by atoms with Crippen molar-refractivity contribution in [2.24, 2.45) is 11.7 Å². The number of nitrogens with one attached hydrogen (secondary N) is 1. The van der Waals surface area contributed by atoms with Crippen LogP contribution in [0.1, 0.15) is 32.6 Å². The Morgan fingerprint density at radius 1 is 1.43 bits per heavy atom. The average Bonchev–Trinajstić information content (AvgIpc) is 2.46. The third-order valence-corrected chi connectivity index (χ3v) is 3.86. The minimum Gasteiger partial charge on any atom is -0.488 e. The first-order chi connectivity index (χ1) is 10.5. The summed E-state index contributed by atoms with van der Waals surface area (Å²) in [5.41, 5.74) is 5.88. The highest BCUT2D eigenvalue weighted by molar-refractivity contribution is 5.85. The van der Waals surface area contributed by atoms with Crippen LogP contribution in [0.4, 0.5) is 8.78 Å². The van der Waals surface area contributed by atoms with Crippen LogP contribution in [0.5, 0.6) is 5.75 Å². The summed E-state index contributed by atoms with van der Waals surface area (Å²) in [7, 11) is 0. The molecule has 0 radical (unpaired) electrons. The van der Waals surface area contributed by atoms with Crippen LogP contribution in [0.3, 0.4) is 0 Å². The number of halogens is 3. The smallest absolute Gasteiger partial charge is 0.223 e. The number of carbonyl (C=O) groups excluding carboxylic acids is 1. The summed E-state index contributed by atoms with van der Waals surface area (Å²) in [6.07, 6.45) is 3.48. The second-order valence-corrected chi connectivity index (χ2v) is 5.92. The summed E-state index contributed by atoms with van der Waals surface area (Å²) < 4.78 is 31.5. The molecule has 7 heteroatoms. The minimum atomic E-state index is -0.753. The summed E-state index contributed by atoms with van der Waals surface area (Å²) in [6, 6.07) is 2.95. The van der Waals surface area contributed by atoms with Crippen LogP contribution in [-0.2, 0) is 4.79 Å². The van der Waals surface area contributed by atoms with Crippen molar-refractivity contribution in [2.75, 3.05) is 6.61 Å². The van der Waals surface area contributed by atoms with E-state index in [2.05, 4.69) is 5.32 Å². The Bertz CT molecular complexity index is 531. The number of benzene rings is 1. The van der Waals surface area contributed by atoms with Crippen LogP contribution in [0, 0.1) is 17.6 Å². The lowest BCUT2D eigenvalue weighted by Crippen LogP contribution is -2.43. The molecule has 0 bridgehead atoms. The van der Waals surface area contributed by atoms with Gasteiger partial charge < -0.3 is 15.8 Å². The molecule has 0 spiro atoms. The lowest BCUT2D eigenvalue weighted by atomic mass is 9.85. The van der Waals surface area contributed by atoms with Gasteiger partial charge in [-0.05, 0) is 38.3 Å². The molecule has 0 saturated heterocycles. The molecule has 0 heterocycles. The fourth-order valence-electron chi connectivity index (χ4n) is 2.68. The van der Waals surface area contributed by atoms with Crippen molar-refractivity contribution in [1.82, 2.24) is 5.32 Å². The van der Waals surface area contributed by atoms with Gasteiger partial charge in [0.15, 0.2) is 11.6 Å². The zero-order valence-corrected chi connectivity index (χ0v) is 13.9. The number of amides is 1. The molecular weight excluding hydrogens is 326 g/mol. The van der Waals surface area contributed by atoms with Gasteiger partial charge in [-0.1, -0.05) is 6.42 Å². The van der Waals surface area contributed by atoms with E-state index in [1.807, 2.05) is 0 Å². The predicted molar refractivity (Wildman–Crippen MR) is 86.6 cm³/mol. The monoisotopic (exact) mass is 348 g/mol. The van der Waals surface area contributed by atoms with Crippen LogP contribution in [0.15, 0.2) is 18.2 Å². The first-order valence-corrected chi connectivity index (χ1v) is 7.59. The average molecular weight is 349 g/mol. The molecule has 4 nitrogen and oxygen atoms in total. The summed E-state index contributed by atoms with van der Waals surface area (Å²) in [4.78, 5) is 12.1. The second-order valence-electron chi connectivity index (χ2n) is 5.92. The van der Waals surface area contributed by atoms with E-state index in [-0.39, 0.29) is 48.7 Å². The largest absolute Gasteiger partial charge is 0.488 e. The Hall–Kier alpha value is -1.40. The van der Waals surface area contributed by atoms with Crippen LogP contribution < -0.4 is 15.8 Å². The van der Waals surface area contributed by atoms with E-state index in [1.54, 1.807) is 6.92 Å². The zero-order valence-electron chi connectivity index (χ0n) is 13.1. The molecule has 3 atom stereocenters. The zero-order chi connectivity index (χ0) is 16.1. The second kappa shape index (κ2) is 9.03. The number of rotatable bonds is 5. The number of nitrogens with two attached hydrogens (primary N) is 1. The topological polar surface area (TPSA) is 64.3 Å². The van der Waals surface area contributed by atoms with Crippen molar-refractivity contribution in [1.29, 1.82) is 0 Å². The molecule has 1 aromatic rings. The molecule has 0 aliphatic heterocycles. The normalized spacial score (nSPS) is 21.9. The van der Waals surface area contributed by atoms with Gasteiger partial charge in [0.05, 0.1) is 6.04 Å². The number of hydrogen-bond acceptors (Lipinski definition) is 3. The first kappa shape index (κ1) is 19.6. The van der Waals surface area contributed by atoms with E-state index >= 15 is 0 Å². The van der Waals surface area contributed by atoms with E-state index in [9.17, 15) is 13.6 Å². The fraction of sp³-hybridized carbons (Fsp3) is 0.562. The van der Waals surface area contributed by atoms with Crippen molar-refractivity contribution >= 4 is 18.3 Å². The lowest BCUT2D eigenvalue weighted by Gasteiger charge is -2.27. The highest BCUT2D eigenvalue weighted by atomic mass is 35.5. The van der Waals surface area contributed by atoms with Gasteiger partial charge in [0.25, 0.3) is 0 Å². The van der Waals surface area contributed by atoms with Crippen molar-refractivity contribution in [3.63, 3.8) is 0 Å². The Morgan fingerprint density at radius 3 is 2.83 bits per heavy atom. The molecule has 0 aromatic heterocycles. The third-order valence-electron chi connectivity index (χ3n) is 3.86. The Balaban J connectivity index is 0.00000264. The van der Waals surface area contributed by atoms with E-state index < -0.39 is 11.6 Å². The Labute approximate surface area is 141 Å². The van der Waals surface area contributed by atoms with Gasteiger partial charge in [-0.2, -0.15) is 0 Å². The van der Waals surface area contributed by atoms with E-state index in [0.717, 1.165) is 31.4 Å². The maximum Gasteiger partial charge on any atom is 0.223 e. The number of hydrogen-bond donors (Lipinski definition) is 2. The van der Waals surface area contributed by atoms with Crippen LogP contribution in [0.25, 0.3) is 0 Å². The third kappa shape index (κ3) is 5.95. The van der Waals surface area contributed by atoms with Crippen LogP contribution in [0.2, 0.25) is 0 Å². The van der Waals surface area contributed by atoms with Gasteiger partial charge in [-0.25, -0.2) is 8.78 Å². The van der Waals surface area contributed by atoms with Crippen molar-refractivity contribution in [3.05, 3.63) is 29.8 Å². The fourth-order valence-corrected chi connectivity index (χ4v) is 2.68. The molecule has 1 aromatic carbocycles. The standard InChI is InChI=1S/C16H22F2N2O2.ClH/c1-10(9-22-15-6-5-12(17)8-14(15)18)20-16(21)11-3-2-4-13(19)7-11;/h5-6,8,10-11,13H,2-4,7,9,19H2,1H3,(H,20,21);1H. The van der Waals surface area contributed by atoms with Gasteiger partial charge in [-0.3, -0.25) is 4.79 Å². The van der Waals surface area contributed by atoms with Crippen molar-refractivity contribution in [3.8, 4) is 5.75 Å². The maximum absolute atomic E-state index is 13.4. The Kier molecular flexibility index (Phi) is 7.72. The molecular formula is C16H23ClF2N2O2. The summed E-state index contributed by atoms with van der Waals surface area (Å²) in [6.45, 7) is 1.90. The quantitative estimate of drug-likeness (QED) is 0.860. The molecule has 1 aliphatic carbocycles. The molecule has 1 fully saturated rings. The molecule has 3 N–H and O–H groups in total. The van der Waals surface area contributed by atoms with Crippen LogP contribution >= 0.6 is 12.4 Å². The summed E-state index contributed by atoms with van der Waals surface area (Å²) in [5, 5.41) is 2.86. The first-order valence-electron chi connectivity index (χ1n) is 7.59. The molecule has 2 rings (SSSR count). The summed E-state index contributed by atoms with van der Waals surface area (Å²) >= 11 is 0. The SMILES string of the molecule is CC(COc1ccc(F)cc1F)NC(=O)C1CCCC(N)C1.Cl. The molecule has 1 saturated carbocycles. The highest BCUT2D eigenvalue weighted by Gasteiger charge is 2.26. The predicted octanol–water partition coefficient (Wildman–Crippen LogP) is 2.79. The van der Waals surface area contributed by atoms with Crippen molar-refractivity contribution in [2.45, 2.75) is 44.7 Å². The van der Waals surface area contributed by atoms with Gasteiger partial charge >= 0.3 is 0 Å². The van der Waals surface area contributed by atoms with E-state index in [1.165, 1.54) is 6.07 Å². The lowest BCUT2D eigenvalue weighted by molar-refractivity contribution is -0.126. The van der Waals surface area contributed by atoms with Gasteiger partial charge in [0, 0.05) is 18.0 Å². The minimum absolute atomic E-state index is 0. The van der Waals surface area contributed by atoms with Gasteiger partial charge in [0.2, 0.25) is 5.91 Å². The molecule has 3 unspecified atom stereocenters.